The van der Waals surface area contributed by atoms with E-state index in [1.165, 1.54) is 39.9 Å². The number of nitrogens with zero attached hydrogens (tertiary/aromatic N) is 2. The smallest absolute Gasteiger partial charge is 0.257 e. The van der Waals surface area contributed by atoms with Crippen molar-refractivity contribution in [3.63, 3.8) is 0 Å². The molecule has 0 unspecified atom stereocenters. The van der Waals surface area contributed by atoms with E-state index in [1.54, 1.807) is 20.3 Å². The monoisotopic (exact) mass is 473 g/mol. The quantitative estimate of drug-likeness (QED) is 0.560. The summed E-state index contributed by atoms with van der Waals surface area (Å²) in [6.07, 6.45) is 1.75. The van der Waals surface area contributed by atoms with Crippen molar-refractivity contribution in [2.24, 2.45) is 0 Å². The first-order chi connectivity index (χ1) is 15.4. The molecule has 1 N–H and O–H groups in total. The standard InChI is InChI=1S/C22H23N3O5S2/c1-29-16-7-10-18(20(13-16)30-2)19-14-31-22(23-19)24-21(26)15-5-8-17(9-6-15)32(27,28)25-11-3-4-12-25/h5-10,13-14H,3-4,11-12H2,1-2H3,(H,23,24,26). The lowest BCUT2D eigenvalue weighted by atomic mass is 10.1. The average Bonchev–Trinajstić information content (AvgIpc) is 3.51. The topological polar surface area (TPSA) is 97.8 Å². The van der Waals surface area contributed by atoms with Gasteiger partial charge in [-0.25, -0.2) is 13.4 Å². The number of carbonyl (C=O) groups is 1. The summed E-state index contributed by atoms with van der Waals surface area (Å²) in [5, 5.41) is 5.02. The van der Waals surface area contributed by atoms with Gasteiger partial charge in [-0.15, -0.1) is 11.3 Å². The van der Waals surface area contributed by atoms with Crippen LogP contribution in [0.1, 0.15) is 23.2 Å². The van der Waals surface area contributed by atoms with Crippen molar-refractivity contribution < 1.29 is 22.7 Å². The number of methoxy groups -OCH3 is 2. The Kier molecular flexibility index (Phi) is 6.45. The van der Waals surface area contributed by atoms with Gasteiger partial charge in [-0.2, -0.15) is 4.31 Å². The number of anilines is 1. The summed E-state index contributed by atoms with van der Waals surface area (Å²) < 4.78 is 37.4. The fourth-order valence-corrected chi connectivity index (χ4v) is 5.71. The molecule has 0 aliphatic carbocycles. The van der Waals surface area contributed by atoms with Gasteiger partial charge in [0.25, 0.3) is 5.91 Å². The SMILES string of the molecule is COc1ccc(-c2csc(NC(=O)c3ccc(S(=O)(=O)N4CCCC4)cc3)n2)c(OC)c1. The van der Waals surface area contributed by atoms with Crippen molar-refractivity contribution in [1.82, 2.24) is 9.29 Å². The number of hydrogen-bond acceptors (Lipinski definition) is 7. The first-order valence-corrected chi connectivity index (χ1v) is 12.3. The molecule has 4 rings (SSSR count). The molecule has 10 heteroatoms. The Hall–Kier alpha value is -2.95. The molecule has 2 heterocycles. The molecular weight excluding hydrogens is 450 g/mol. The van der Waals surface area contributed by atoms with Gasteiger partial charge in [0.2, 0.25) is 10.0 Å². The van der Waals surface area contributed by atoms with Gasteiger partial charge in [0, 0.05) is 35.7 Å². The number of benzene rings is 2. The van der Waals surface area contributed by atoms with Gasteiger partial charge in [0.15, 0.2) is 5.13 Å². The van der Waals surface area contributed by atoms with Crippen molar-refractivity contribution in [2.75, 3.05) is 32.6 Å². The summed E-state index contributed by atoms with van der Waals surface area (Å²) in [4.78, 5) is 17.3. The van der Waals surface area contributed by atoms with E-state index in [-0.39, 0.29) is 10.8 Å². The molecular formula is C22H23N3O5S2. The summed E-state index contributed by atoms with van der Waals surface area (Å²) in [6.45, 7) is 1.08. The number of rotatable bonds is 7. The van der Waals surface area contributed by atoms with E-state index in [9.17, 15) is 13.2 Å². The zero-order valence-electron chi connectivity index (χ0n) is 17.7. The van der Waals surface area contributed by atoms with Crippen LogP contribution >= 0.6 is 11.3 Å². The van der Waals surface area contributed by atoms with Gasteiger partial charge < -0.3 is 9.47 Å². The van der Waals surface area contributed by atoms with Crippen LogP contribution in [-0.4, -0.2) is 50.9 Å². The second-order valence-corrected chi connectivity index (χ2v) is 9.99. The normalized spacial score (nSPS) is 14.3. The van der Waals surface area contributed by atoms with Gasteiger partial charge in [0.05, 0.1) is 24.8 Å². The minimum atomic E-state index is -3.51. The number of thiazole rings is 1. The van der Waals surface area contributed by atoms with Crippen LogP contribution < -0.4 is 14.8 Å². The lowest BCUT2D eigenvalue weighted by molar-refractivity contribution is 0.102. The lowest BCUT2D eigenvalue weighted by Gasteiger charge is -2.15. The molecule has 32 heavy (non-hydrogen) atoms. The largest absolute Gasteiger partial charge is 0.497 e. The fraction of sp³-hybridized carbons (Fsp3) is 0.273. The lowest BCUT2D eigenvalue weighted by Crippen LogP contribution is -2.27. The molecule has 3 aromatic rings. The highest BCUT2D eigenvalue weighted by Crippen LogP contribution is 2.35. The van der Waals surface area contributed by atoms with E-state index in [0.717, 1.165) is 18.4 Å². The molecule has 8 nitrogen and oxygen atoms in total. The third-order valence-corrected chi connectivity index (χ3v) is 7.90. The van der Waals surface area contributed by atoms with Crippen LogP contribution in [0.25, 0.3) is 11.3 Å². The minimum Gasteiger partial charge on any atom is -0.497 e. The molecule has 1 amide bonds. The zero-order chi connectivity index (χ0) is 22.7. The van der Waals surface area contributed by atoms with Crippen LogP contribution in [0.4, 0.5) is 5.13 Å². The van der Waals surface area contributed by atoms with Crippen molar-refractivity contribution in [3.8, 4) is 22.8 Å². The summed E-state index contributed by atoms with van der Waals surface area (Å²) >= 11 is 1.29. The third kappa shape index (κ3) is 4.47. The maximum atomic E-state index is 12.6. The van der Waals surface area contributed by atoms with Crippen molar-refractivity contribution in [3.05, 3.63) is 53.4 Å². The highest BCUT2D eigenvalue weighted by molar-refractivity contribution is 7.89. The Bertz CT molecular complexity index is 1220. The number of ether oxygens (including phenoxy) is 2. The molecule has 0 radical (unpaired) electrons. The summed E-state index contributed by atoms with van der Waals surface area (Å²) in [5.41, 5.74) is 1.79. The van der Waals surface area contributed by atoms with Gasteiger partial charge in [-0.3, -0.25) is 10.1 Å². The molecule has 168 valence electrons. The molecule has 0 atom stereocenters. The zero-order valence-corrected chi connectivity index (χ0v) is 19.3. The molecule has 1 saturated heterocycles. The van der Waals surface area contributed by atoms with E-state index in [2.05, 4.69) is 10.3 Å². The summed E-state index contributed by atoms with van der Waals surface area (Å²) in [7, 11) is -0.356. The van der Waals surface area contributed by atoms with E-state index in [4.69, 9.17) is 9.47 Å². The van der Waals surface area contributed by atoms with Crippen molar-refractivity contribution in [2.45, 2.75) is 17.7 Å². The second-order valence-electron chi connectivity index (χ2n) is 7.19. The van der Waals surface area contributed by atoms with Crippen LogP contribution in [-0.2, 0) is 10.0 Å². The Morgan fingerprint density at radius 1 is 1.06 bits per heavy atom. The number of nitrogens with one attached hydrogen (secondary N) is 1. The maximum Gasteiger partial charge on any atom is 0.257 e. The average molecular weight is 474 g/mol. The van der Waals surface area contributed by atoms with Crippen LogP contribution in [0.2, 0.25) is 0 Å². The van der Waals surface area contributed by atoms with Crippen LogP contribution in [0.3, 0.4) is 0 Å². The van der Waals surface area contributed by atoms with Gasteiger partial charge in [-0.05, 0) is 49.2 Å². The third-order valence-electron chi connectivity index (χ3n) is 5.23. The number of carbonyl (C=O) groups excluding carboxylic acids is 1. The highest BCUT2D eigenvalue weighted by Gasteiger charge is 2.27. The van der Waals surface area contributed by atoms with E-state index >= 15 is 0 Å². The molecule has 0 bridgehead atoms. The minimum absolute atomic E-state index is 0.194. The van der Waals surface area contributed by atoms with Crippen molar-refractivity contribution >= 4 is 32.4 Å². The van der Waals surface area contributed by atoms with Crippen LogP contribution in [0.15, 0.2) is 52.7 Å². The predicted octanol–water partition coefficient (Wildman–Crippen LogP) is 3.86. The number of sulfonamides is 1. The first-order valence-electron chi connectivity index (χ1n) is 10.0. The van der Waals surface area contributed by atoms with Gasteiger partial charge in [-0.1, -0.05) is 0 Å². The van der Waals surface area contributed by atoms with E-state index in [0.29, 0.717) is 41.0 Å². The van der Waals surface area contributed by atoms with E-state index < -0.39 is 10.0 Å². The molecule has 0 saturated carbocycles. The summed E-state index contributed by atoms with van der Waals surface area (Å²) in [5.74, 6) is 0.921. The molecule has 0 spiro atoms. The van der Waals surface area contributed by atoms with Crippen LogP contribution in [0, 0.1) is 0 Å². The Balaban J connectivity index is 1.48. The Labute approximate surface area is 190 Å². The molecule has 1 fully saturated rings. The molecule has 1 aromatic heterocycles. The van der Waals surface area contributed by atoms with Crippen LogP contribution in [0.5, 0.6) is 11.5 Å². The summed E-state index contributed by atoms with van der Waals surface area (Å²) in [6, 6.07) is 11.4. The first kappa shape index (κ1) is 22.3. The molecule has 1 aliphatic rings. The Morgan fingerprint density at radius 2 is 1.78 bits per heavy atom. The molecule has 2 aromatic carbocycles. The molecule has 1 aliphatic heterocycles. The van der Waals surface area contributed by atoms with Gasteiger partial charge in [0.1, 0.15) is 11.5 Å². The van der Waals surface area contributed by atoms with E-state index in [1.807, 2.05) is 17.5 Å². The maximum absolute atomic E-state index is 12.6. The number of aromatic nitrogens is 1. The van der Waals surface area contributed by atoms with Gasteiger partial charge >= 0.3 is 0 Å². The van der Waals surface area contributed by atoms with Crippen molar-refractivity contribution in [1.29, 1.82) is 0 Å². The second kappa shape index (κ2) is 9.27. The highest BCUT2D eigenvalue weighted by atomic mass is 32.2. The Morgan fingerprint density at radius 3 is 2.44 bits per heavy atom. The number of hydrogen-bond donors (Lipinski definition) is 1. The fourth-order valence-electron chi connectivity index (χ4n) is 3.49. The predicted molar refractivity (Wildman–Crippen MR) is 123 cm³/mol. The number of amides is 1.